The van der Waals surface area contributed by atoms with Crippen molar-refractivity contribution in [3.05, 3.63) is 36.3 Å². The molecule has 0 atom stereocenters. The maximum atomic E-state index is 12.9. The van der Waals surface area contributed by atoms with Crippen molar-refractivity contribution < 1.29 is 4.79 Å². The summed E-state index contributed by atoms with van der Waals surface area (Å²) in [6, 6.07) is 6.29. The number of carbonyl (C=O) groups excluding carboxylic acids is 1. The van der Waals surface area contributed by atoms with E-state index in [0.29, 0.717) is 17.5 Å². The Bertz CT molecular complexity index is 1190. The molecule has 0 radical (unpaired) electrons. The molecule has 1 amide bonds. The summed E-state index contributed by atoms with van der Waals surface area (Å²) in [5, 5.41) is 4.14. The Balaban J connectivity index is 1.29. The number of aromatic nitrogens is 4. The van der Waals surface area contributed by atoms with Gasteiger partial charge in [-0.15, -0.1) is 0 Å². The number of rotatable bonds is 9. The van der Waals surface area contributed by atoms with Crippen molar-refractivity contribution in [2.45, 2.75) is 44.6 Å². The van der Waals surface area contributed by atoms with Gasteiger partial charge in [0.15, 0.2) is 0 Å². The molecule has 2 aliphatic rings. The lowest BCUT2D eigenvalue weighted by Crippen LogP contribution is -2.46. The molecule has 1 aliphatic carbocycles. The van der Waals surface area contributed by atoms with Crippen molar-refractivity contribution in [1.29, 1.82) is 0 Å². The van der Waals surface area contributed by atoms with Gasteiger partial charge in [-0.25, -0.2) is 9.97 Å². The van der Waals surface area contributed by atoms with E-state index in [1.165, 1.54) is 19.3 Å². The largest absolute Gasteiger partial charge is 0.368 e. The maximum absolute atomic E-state index is 12.9. The fourth-order valence-corrected chi connectivity index (χ4v) is 5.47. The topological polar surface area (TPSA) is 108 Å². The van der Waals surface area contributed by atoms with Crippen molar-refractivity contribution in [1.82, 2.24) is 29.3 Å². The first-order valence-electron chi connectivity index (χ1n) is 13.5. The SMILES string of the molecule is CN(C)C(=O)c1cc2cnc(Nc3ccc(N4CCN(CCCCN)CC4)cn3)nc2n1C1CCCC1. The summed E-state index contributed by atoms with van der Waals surface area (Å²) in [6.07, 6.45) is 10.5. The van der Waals surface area contributed by atoms with Crippen LogP contribution in [-0.4, -0.2) is 88.6 Å². The van der Waals surface area contributed by atoms with Crippen molar-refractivity contribution in [2.75, 3.05) is 63.6 Å². The van der Waals surface area contributed by atoms with Crippen LogP contribution in [0.2, 0.25) is 0 Å². The van der Waals surface area contributed by atoms with Gasteiger partial charge in [-0.3, -0.25) is 9.69 Å². The number of nitrogens with one attached hydrogen (secondary N) is 1. The lowest BCUT2D eigenvalue weighted by molar-refractivity contribution is 0.0815. The summed E-state index contributed by atoms with van der Waals surface area (Å²) >= 11 is 0. The molecule has 3 aromatic rings. The molecule has 0 bridgehead atoms. The van der Waals surface area contributed by atoms with Crippen LogP contribution in [0.3, 0.4) is 0 Å². The number of piperazine rings is 1. The molecule has 3 aromatic heterocycles. The summed E-state index contributed by atoms with van der Waals surface area (Å²) < 4.78 is 2.13. The molecule has 0 aromatic carbocycles. The zero-order chi connectivity index (χ0) is 25.8. The third-order valence-corrected chi connectivity index (χ3v) is 7.54. The van der Waals surface area contributed by atoms with Crippen LogP contribution in [-0.2, 0) is 0 Å². The molecule has 4 heterocycles. The van der Waals surface area contributed by atoms with Gasteiger partial charge in [-0.05, 0) is 57.0 Å². The van der Waals surface area contributed by atoms with Crippen LogP contribution in [0.25, 0.3) is 11.0 Å². The normalized spacial score (nSPS) is 17.0. The molecule has 198 valence electrons. The maximum Gasteiger partial charge on any atom is 0.270 e. The van der Waals surface area contributed by atoms with Crippen LogP contribution in [0, 0.1) is 0 Å². The molecular formula is C27H39N9O. The number of unbranched alkanes of at least 4 members (excludes halogenated alkanes) is 1. The van der Waals surface area contributed by atoms with E-state index in [9.17, 15) is 4.79 Å². The van der Waals surface area contributed by atoms with Crippen LogP contribution in [0.15, 0.2) is 30.6 Å². The molecule has 37 heavy (non-hydrogen) atoms. The van der Waals surface area contributed by atoms with Gasteiger partial charge < -0.3 is 25.4 Å². The Morgan fingerprint density at radius 3 is 2.54 bits per heavy atom. The summed E-state index contributed by atoms with van der Waals surface area (Å²) in [4.78, 5) is 33.4. The van der Waals surface area contributed by atoms with E-state index >= 15 is 0 Å². The third-order valence-electron chi connectivity index (χ3n) is 7.54. The van der Waals surface area contributed by atoms with E-state index in [1.54, 1.807) is 25.2 Å². The molecule has 10 nitrogen and oxygen atoms in total. The van der Waals surface area contributed by atoms with Gasteiger partial charge in [0.1, 0.15) is 17.2 Å². The predicted molar refractivity (Wildman–Crippen MR) is 148 cm³/mol. The number of hydrogen-bond acceptors (Lipinski definition) is 8. The Hall–Kier alpha value is -3.24. The highest BCUT2D eigenvalue weighted by Gasteiger charge is 2.26. The average molecular weight is 506 g/mol. The fourth-order valence-electron chi connectivity index (χ4n) is 5.47. The molecule has 10 heteroatoms. The van der Waals surface area contributed by atoms with Crippen molar-refractivity contribution >= 4 is 34.4 Å². The van der Waals surface area contributed by atoms with Crippen LogP contribution < -0.4 is 16.0 Å². The van der Waals surface area contributed by atoms with Crippen LogP contribution in [0.1, 0.15) is 55.1 Å². The van der Waals surface area contributed by atoms with E-state index in [-0.39, 0.29) is 11.9 Å². The molecule has 1 saturated carbocycles. The van der Waals surface area contributed by atoms with Crippen molar-refractivity contribution in [3.8, 4) is 0 Å². The summed E-state index contributed by atoms with van der Waals surface area (Å²) in [6.45, 7) is 6.04. The number of hydrogen-bond donors (Lipinski definition) is 2. The molecule has 1 saturated heterocycles. The van der Waals surface area contributed by atoms with Gasteiger partial charge in [0.2, 0.25) is 5.95 Å². The molecule has 0 unspecified atom stereocenters. The standard InChI is InChI=1S/C27H39N9O/c1-33(2)26(37)23-17-20-18-30-27(32-25(20)36(23)21-7-3-4-8-21)31-24-10-9-22(19-29-24)35-15-13-34(14-16-35)12-6-5-11-28/h9-10,17-19,21H,3-8,11-16,28H2,1-2H3,(H,29,30,31,32). The van der Waals surface area contributed by atoms with Gasteiger partial charge in [-0.2, -0.15) is 4.98 Å². The van der Waals surface area contributed by atoms with Gasteiger partial charge >= 0.3 is 0 Å². The highest BCUT2D eigenvalue weighted by atomic mass is 16.2. The van der Waals surface area contributed by atoms with Crippen LogP contribution >= 0.6 is 0 Å². The average Bonchev–Trinajstić information content (AvgIpc) is 3.57. The number of anilines is 3. The first-order valence-corrected chi connectivity index (χ1v) is 13.5. The molecule has 5 rings (SSSR count). The number of fused-ring (bicyclic) bond motifs is 1. The van der Waals surface area contributed by atoms with E-state index in [1.807, 2.05) is 18.3 Å². The first kappa shape index (κ1) is 25.4. The second kappa shape index (κ2) is 11.4. The zero-order valence-corrected chi connectivity index (χ0v) is 22.1. The first-order chi connectivity index (χ1) is 18.0. The van der Waals surface area contributed by atoms with Gasteiger partial charge in [0, 0.05) is 57.9 Å². The van der Waals surface area contributed by atoms with Gasteiger partial charge in [-0.1, -0.05) is 12.8 Å². The second-order valence-corrected chi connectivity index (χ2v) is 10.4. The predicted octanol–water partition coefficient (Wildman–Crippen LogP) is 3.25. The third kappa shape index (κ3) is 5.70. The minimum absolute atomic E-state index is 0.00643. The number of nitrogens with two attached hydrogens (primary N) is 1. The smallest absolute Gasteiger partial charge is 0.270 e. The van der Waals surface area contributed by atoms with Crippen LogP contribution in [0.4, 0.5) is 17.5 Å². The molecule has 1 aliphatic heterocycles. The van der Waals surface area contributed by atoms with E-state index in [2.05, 4.69) is 35.7 Å². The quantitative estimate of drug-likeness (QED) is 0.427. The van der Waals surface area contributed by atoms with E-state index in [0.717, 1.165) is 75.3 Å². The number of carbonyl (C=O) groups is 1. The van der Waals surface area contributed by atoms with Crippen molar-refractivity contribution in [3.63, 3.8) is 0 Å². The lowest BCUT2D eigenvalue weighted by Gasteiger charge is -2.36. The minimum Gasteiger partial charge on any atom is -0.368 e. The van der Waals surface area contributed by atoms with Crippen molar-refractivity contribution in [2.24, 2.45) is 5.73 Å². The number of nitrogens with zero attached hydrogens (tertiary/aromatic N) is 7. The lowest BCUT2D eigenvalue weighted by atomic mass is 10.2. The zero-order valence-electron chi connectivity index (χ0n) is 22.1. The van der Waals surface area contributed by atoms with E-state index < -0.39 is 0 Å². The molecule has 3 N–H and O–H groups in total. The summed E-state index contributed by atoms with van der Waals surface area (Å²) in [5.41, 5.74) is 8.23. The molecular weight excluding hydrogens is 466 g/mol. The Labute approximate surface area is 218 Å². The summed E-state index contributed by atoms with van der Waals surface area (Å²) in [5.74, 6) is 1.18. The summed E-state index contributed by atoms with van der Waals surface area (Å²) in [7, 11) is 3.58. The highest BCUT2D eigenvalue weighted by molar-refractivity contribution is 5.97. The number of pyridine rings is 1. The monoisotopic (exact) mass is 505 g/mol. The molecule has 0 spiro atoms. The minimum atomic E-state index is -0.00643. The fraction of sp³-hybridized carbons (Fsp3) is 0.556. The van der Waals surface area contributed by atoms with Crippen LogP contribution in [0.5, 0.6) is 0 Å². The van der Waals surface area contributed by atoms with Gasteiger partial charge in [0.05, 0.1) is 11.9 Å². The molecule has 2 fully saturated rings. The van der Waals surface area contributed by atoms with E-state index in [4.69, 9.17) is 10.7 Å². The Kier molecular flexibility index (Phi) is 7.85. The second-order valence-electron chi connectivity index (χ2n) is 10.4. The highest BCUT2D eigenvalue weighted by Crippen LogP contribution is 2.35. The number of amides is 1. The Morgan fingerprint density at radius 1 is 1.08 bits per heavy atom. The van der Waals surface area contributed by atoms with Gasteiger partial charge in [0.25, 0.3) is 5.91 Å². The Morgan fingerprint density at radius 2 is 1.86 bits per heavy atom.